The largest absolute Gasteiger partial charge is 0.395 e. The molecule has 21 heavy (non-hydrogen) atoms. The van der Waals surface area contributed by atoms with E-state index in [1.807, 2.05) is 17.0 Å². The third-order valence-electron chi connectivity index (χ3n) is 3.79. The van der Waals surface area contributed by atoms with Crippen molar-refractivity contribution in [1.82, 2.24) is 9.80 Å². The number of hydrogen-bond acceptors (Lipinski definition) is 4. The number of aliphatic hydroxyl groups is 1. The first-order valence-electron chi connectivity index (χ1n) is 7.18. The highest BCUT2D eigenvalue weighted by Crippen LogP contribution is 2.24. The number of hydrogen-bond donors (Lipinski definition) is 1. The number of amides is 1. The van der Waals surface area contributed by atoms with E-state index in [9.17, 15) is 4.79 Å². The predicted molar refractivity (Wildman–Crippen MR) is 85.4 cm³/mol. The van der Waals surface area contributed by atoms with Crippen LogP contribution in [0.2, 0.25) is 0 Å². The molecule has 1 aliphatic rings. The third-order valence-corrected chi connectivity index (χ3v) is 4.78. The van der Waals surface area contributed by atoms with Gasteiger partial charge in [0.05, 0.1) is 16.4 Å². The summed E-state index contributed by atoms with van der Waals surface area (Å²) >= 11 is 1.43. The molecule has 1 aromatic heterocycles. The smallest absolute Gasteiger partial charge is 0.264 e. The molecule has 0 saturated carbocycles. The maximum absolute atomic E-state index is 12.5. The van der Waals surface area contributed by atoms with Crippen molar-refractivity contribution in [2.45, 2.75) is 19.4 Å². The fraction of sp³-hybridized carbons (Fsp3) is 0.562. The van der Waals surface area contributed by atoms with Crippen molar-refractivity contribution < 1.29 is 9.90 Å². The number of carbonyl (C=O) groups excluding carboxylic acids is 1. The SMILES string of the molecule is CC1CN(C(=O)c2ccc(C#CCCO)s2)CC1N(C)C. The minimum Gasteiger partial charge on any atom is -0.395 e. The number of aliphatic hydroxyl groups excluding tert-OH is 1. The summed E-state index contributed by atoms with van der Waals surface area (Å²) in [5, 5.41) is 8.71. The molecule has 1 saturated heterocycles. The Morgan fingerprint density at radius 1 is 1.48 bits per heavy atom. The third kappa shape index (κ3) is 3.85. The lowest BCUT2D eigenvalue weighted by Gasteiger charge is -2.22. The molecule has 2 heterocycles. The molecule has 2 unspecified atom stereocenters. The molecular weight excluding hydrogens is 284 g/mol. The van der Waals surface area contributed by atoms with Crippen LogP contribution in [0.25, 0.3) is 0 Å². The minimum atomic E-state index is 0.0712. The van der Waals surface area contributed by atoms with Gasteiger partial charge in [-0.2, -0.15) is 0 Å². The molecule has 2 rings (SSSR count). The highest BCUT2D eigenvalue weighted by molar-refractivity contribution is 7.14. The van der Waals surface area contributed by atoms with Crippen molar-refractivity contribution in [3.05, 3.63) is 21.9 Å². The predicted octanol–water partition coefficient (Wildman–Crippen LogP) is 1.50. The van der Waals surface area contributed by atoms with Crippen LogP contribution < -0.4 is 0 Å². The first-order valence-corrected chi connectivity index (χ1v) is 8.00. The summed E-state index contributed by atoms with van der Waals surface area (Å²) in [6, 6.07) is 4.16. The number of likely N-dealkylation sites (tertiary alicyclic amines) is 1. The summed E-state index contributed by atoms with van der Waals surface area (Å²) in [6.07, 6.45) is 0.468. The zero-order valence-electron chi connectivity index (χ0n) is 12.8. The fourth-order valence-corrected chi connectivity index (χ4v) is 3.52. The molecule has 2 atom stereocenters. The Morgan fingerprint density at radius 2 is 2.24 bits per heavy atom. The standard InChI is InChI=1S/C16H22N2O2S/c1-12-10-18(11-14(12)17(2)3)16(20)15-8-7-13(21-15)6-4-5-9-19/h7-8,12,14,19H,5,9-11H2,1-3H3. The van der Waals surface area contributed by atoms with Gasteiger partial charge in [-0.3, -0.25) is 4.79 Å². The second kappa shape index (κ2) is 7.08. The van der Waals surface area contributed by atoms with Crippen molar-refractivity contribution in [3.63, 3.8) is 0 Å². The normalized spacial score (nSPS) is 21.5. The summed E-state index contributed by atoms with van der Waals surface area (Å²) in [5.74, 6) is 6.45. The second-order valence-corrected chi connectivity index (χ2v) is 6.74. The van der Waals surface area contributed by atoms with E-state index in [0.29, 0.717) is 18.4 Å². The summed E-state index contributed by atoms with van der Waals surface area (Å²) in [7, 11) is 4.13. The number of likely N-dealkylation sites (N-methyl/N-ethyl adjacent to an activating group) is 1. The molecule has 1 aromatic rings. The van der Waals surface area contributed by atoms with Gasteiger partial charge in [-0.25, -0.2) is 0 Å². The zero-order valence-corrected chi connectivity index (χ0v) is 13.6. The number of carbonyl (C=O) groups is 1. The highest BCUT2D eigenvalue weighted by Gasteiger charge is 2.34. The van der Waals surface area contributed by atoms with Crippen LogP contribution in [0.5, 0.6) is 0 Å². The van der Waals surface area contributed by atoms with Gasteiger partial charge in [0.1, 0.15) is 0 Å². The number of rotatable bonds is 3. The van der Waals surface area contributed by atoms with E-state index in [2.05, 4.69) is 37.8 Å². The zero-order chi connectivity index (χ0) is 15.4. The Morgan fingerprint density at radius 3 is 2.86 bits per heavy atom. The second-order valence-electron chi connectivity index (χ2n) is 5.66. The molecule has 0 spiro atoms. The van der Waals surface area contributed by atoms with Gasteiger partial charge in [0.15, 0.2) is 0 Å². The Balaban J connectivity index is 2.03. The molecule has 4 nitrogen and oxygen atoms in total. The van der Waals surface area contributed by atoms with Gasteiger partial charge in [0, 0.05) is 25.6 Å². The molecule has 1 N–H and O–H groups in total. The Hall–Kier alpha value is -1.35. The average Bonchev–Trinajstić information content (AvgIpc) is 3.05. The van der Waals surface area contributed by atoms with E-state index in [-0.39, 0.29) is 12.5 Å². The molecule has 1 fully saturated rings. The van der Waals surface area contributed by atoms with Gasteiger partial charge in [0.2, 0.25) is 0 Å². The van der Waals surface area contributed by atoms with Crippen LogP contribution in [0.4, 0.5) is 0 Å². The minimum absolute atomic E-state index is 0.0712. The van der Waals surface area contributed by atoms with E-state index in [0.717, 1.165) is 22.8 Å². The fourth-order valence-electron chi connectivity index (χ4n) is 2.67. The van der Waals surface area contributed by atoms with Gasteiger partial charge in [-0.1, -0.05) is 18.8 Å². The van der Waals surface area contributed by atoms with Crippen LogP contribution >= 0.6 is 11.3 Å². The Labute approximate surface area is 130 Å². The van der Waals surface area contributed by atoms with E-state index in [1.165, 1.54) is 11.3 Å². The molecular formula is C16H22N2O2S. The van der Waals surface area contributed by atoms with Crippen LogP contribution in [0, 0.1) is 17.8 Å². The highest BCUT2D eigenvalue weighted by atomic mass is 32.1. The topological polar surface area (TPSA) is 43.8 Å². The van der Waals surface area contributed by atoms with Crippen molar-refractivity contribution in [2.75, 3.05) is 33.8 Å². The van der Waals surface area contributed by atoms with E-state index in [4.69, 9.17) is 5.11 Å². The molecule has 114 valence electrons. The van der Waals surface area contributed by atoms with Crippen molar-refractivity contribution in [3.8, 4) is 11.8 Å². The van der Waals surface area contributed by atoms with Gasteiger partial charge >= 0.3 is 0 Å². The quantitative estimate of drug-likeness (QED) is 0.861. The van der Waals surface area contributed by atoms with Crippen LogP contribution in [0.1, 0.15) is 27.9 Å². The first-order chi connectivity index (χ1) is 10.0. The van der Waals surface area contributed by atoms with E-state index in [1.54, 1.807) is 0 Å². The lowest BCUT2D eigenvalue weighted by atomic mass is 10.1. The van der Waals surface area contributed by atoms with Crippen LogP contribution in [-0.4, -0.2) is 60.6 Å². The van der Waals surface area contributed by atoms with Crippen LogP contribution in [-0.2, 0) is 0 Å². The summed E-state index contributed by atoms with van der Waals surface area (Å²) in [6.45, 7) is 3.86. The number of thiophene rings is 1. The Bertz CT molecular complexity index is 556. The van der Waals surface area contributed by atoms with E-state index < -0.39 is 0 Å². The van der Waals surface area contributed by atoms with Gasteiger partial charge < -0.3 is 14.9 Å². The maximum atomic E-state index is 12.5. The van der Waals surface area contributed by atoms with Crippen molar-refractivity contribution in [1.29, 1.82) is 0 Å². The molecule has 1 amide bonds. The van der Waals surface area contributed by atoms with E-state index >= 15 is 0 Å². The average molecular weight is 306 g/mol. The van der Waals surface area contributed by atoms with Gasteiger partial charge in [0.25, 0.3) is 5.91 Å². The van der Waals surface area contributed by atoms with Gasteiger partial charge in [-0.05, 0) is 32.1 Å². The van der Waals surface area contributed by atoms with Crippen molar-refractivity contribution in [2.24, 2.45) is 5.92 Å². The molecule has 0 bridgehead atoms. The van der Waals surface area contributed by atoms with Crippen LogP contribution in [0.15, 0.2) is 12.1 Å². The van der Waals surface area contributed by atoms with Crippen molar-refractivity contribution >= 4 is 17.2 Å². The maximum Gasteiger partial charge on any atom is 0.264 e. The number of nitrogens with zero attached hydrogens (tertiary/aromatic N) is 2. The lowest BCUT2D eigenvalue weighted by molar-refractivity contribution is 0.0786. The lowest BCUT2D eigenvalue weighted by Crippen LogP contribution is -2.35. The Kier molecular flexibility index (Phi) is 5.40. The summed E-state index contributed by atoms with van der Waals surface area (Å²) in [5.41, 5.74) is 0. The molecule has 0 aromatic carbocycles. The van der Waals surface area contributed by atoms with Crippen LogP contribution in [0.3, 0.4) is 0 Å². The molecule has 1 aliphatic heterocycles. The first kappa shape index (κ1) is 16.0. The molecule has 0 radical (unpaired) electrons. The summed E-state index contributed by atoms with van der Waals surface area (Å²) < 4.78 is 0. The van der Waals surface area contributed by atoms with Gasteiger partial charge in [-0.15, -0.1) is 11.3 Å². The monoisotopic (exact) mass is 306 g/mol. The molecule has 0 aliphatic carbocycles. The summed E-state index contributed by atoms with van der Waals surface area (Å²) in [4.78, 5) is 18.3. The molecule has 5 heteroatoms.